The molecule has 2 rings (SSSR count). The van der Waals surface area contributed by atoms with Gasteiger partial charge in [0.2, 0.25) is 0 Å². The number of thiazole rings is 2. The van der Waals surface area contributed by atoms with Crippen LogP contribution < -0.4 is 16.4 Å². The Balaban J connectivity index is 1.99. The predicted octanol–water partition coefficient (Wildman–Crippen LogP) is 1.85. The van der Waals surface area contributed by atoms with Crippen LogP contribution in [0.5, 0.6) is 0 Å². The van der Waals surface area contributed by atoms with Crippen LogP contribution in [0.4, 0.5) is 10.9 Å². The summed E-state index contributed by atoms with van der Waals surface area (Å²) >= 11 is 2.78. The van der Waals surface area contributed by atoms with Gasteiger partial charge in [0.15, 0.2) is 5.13 Å². The van der Waals surface area contributed by atoms with E-state index in [4.69, 9.17) is 5.73 Å². The predicted molar refractivity (Wildman–Crippen MR) is 78.7 cm³/mol. The lowest BCUT2D eigenvalue weighted by atomic mass is 10.4. The van der Waals surface area contributed by atoms with Crippen LogP contribution in [0.1, 0.15) is 27.3 Å². The first-order valence-corrected chi connectivity index (χ1v) is 7.49. The standard InChI is InChI=1S/C11H15N5OS2/c1-3-13-11-16-9(12)8(19-11)10(17)14-4-7-15-6(2)5-18-7/h5H,3-4,12H2,1-2H3,(H,13,16)(H,14,17). The van der Waals surface area contributed by atoms with Crippen molar-refractivity contribution < 1.29 is 4.79 Å². The second-order valence-corrected chi connectivity index (χ2v) is 5.77. The highest BCUT2D eigenvalue weighted by molar-refractivity contribution is 7.18. The van der Waals surface area contributed by atoms with Crippen LogP contribution in [0.25, 0.3) is 0 Å². The zero-order valence-corrected chi connectivity index (χ0v) is 12.3. The lowest BCUT2D eigenvalue weighted by Crippen LogP contribution is -2.22. The van der Waals surface area contributed by atoms with Crippen LogP contribution in [0, 0.1) is 6.92 Å². The molecule has 0 aliphatic rings. The molecule has 0 atom stereocenters. The van der Waals surface area contributed by atoms with E-state index in [1.807, 2.05) is 19.2 Å². The molecule has 0 aliphatic heterocycles. The molecule has 8 heteroatoms. The molecule has 0 spiro atoms. The number of aryl methyl sites for hydroxylation is 1. The van der Waals surface area contributed by atoms with Crippen LogP contribution in [0.2, 0.25) is 0 Å². The number of rotatable bonds is 5. The fourth-order valence-corrected chi connectivity index (χ4v) is 3.02. The zero-order chi connectivity index (χ0) is 13.8. The number of nitrogens with zero attached hydrogens (tertiary/aromatic N) is 2. The van der Waals surface area contributed by atoms with Gasteiger partial charge in [0, 0.05) is 17.6 Å². The van der Waals surface area contributed by atoms with E-state index in [1.165, 1.54) is 22.7 Å². The smallest absolute Gasteiger partial charge is 0.265 e. The molecule has 0 fully saturated rings. The van der Waals surface area contributed by atoms with Crippen LogP contribution >= 0.6 is 22.7 Å². The van der Waals surface area contributed by atoms with E-state index < -0.39 is 0 Å². The molecule has 19 heavy (non-hydrogen) atoms. The van der Waals surface area contributed by atoms with Gasteiger partial charge in [0.05, 0.1) is 6.54 Å². The Hall–Kier alpha value is -1.67. The molecule has 2 aromatic heterocycles. The Labute approximate surface area is 119 Å². The van der Waals surface area contributed by atoms with Gasteiger partial charge in [0.25, 0.3) is 5.91 Å². The Morgan fingerprint density at radius 1 is 1.47 bits per heavy atom. The highest BCUT2D eigenvalue weighted by atomic mass is 32.1. The Bertz CT molecular complexity index is 577. The normalized spacial score (nSPS) is 10.4. The lowest BCUT2D eigenvalue weighted by Gasteiger charge is -2.00. The van der Waals surface area contributed by atoms with E-state index in [0.717, 1.165) is 17.2 Å². The third-order valence-electron chi connectivity index (χ3n) is 2.25. The SMILES string of the molecule is CCNc1nc(N)c(C(=O)NCc2nc(C)cs2)s1. The van der Waals surface area contributed by atoms with Gasteiger partial charge in [-0.2, -0.15) is 0 Å². The quantitative estimate of drug-likeness (QED) is 0.783. The molecular weight excluding hydrogens is 282 g/mol. The maximum atomic E-state index is 12.0. The van der Waals surface area contributed by atoms with E-state index >= 15 is 0 Å². The first-order chi connectivity index (χ1) is 9.10. The summed E-state index contributed by atoms with van der Waals surface area (Å²) in [6, 6.07) is 0. The summed E-state index contributed by atoms with van der Waals surface area (Å²) in [5.74, 6) is 0.0424. The molecule has 0 aliphatic carbocycles. The van der Waals surface area contributed by atoms with E-state index in [0.29, 0.717) is 16.6 Å². The third kappa shape index (κ3) is 3.42. The molecule has 0 radical (unpaired) electrons. The molecule has 1 amide bonds. The molecular formula is C11H15N5OS2. The summed E-state index contributed by atoms with van der Waals surface area (Å²) in [6.07, 6.45) is 0. The summed E-state index contributed by atoms with van der Waals surface area (Å²) in [5.41, 5.74) is 6.69. The molecule has 4 N–H and O–H groups in total. The number of anilines is 2. The van der Waals surface area contributed by atoms with Crippen LogP contribution in [0.15, 0.2) is 5.38 Å². The van der Waals surface area contributed by atoms with Gasteiger partial charge in [-0.25, -0.2) is 9.97 Å². The second-order valence-electron chi connectivity index (χ2n) is 3.83. The van der Waals surface area contributed by atoms with Crippen molar-refractivity contribution >= 4 is 39.5 Å². The topological polar surface area (TPSA) is 92.9 Å². The number of amides is 1. The van der Waals surface area contributed by atoms with Crippen molar-refractivity contribution in [1.29, 1.82) is 0 Å². The highest BCUT2D eigenvalue weighted by Gasteiger charge is 2.16. The maximum absolute atomic E-state index is 12.0. The molecule has 0 saturated heterocycles. The van der Waals surface area contributed by atoms with Gasteiger partial charge in [-0.15, -0.1) is 11.3 Å². The van der Waals surface area contributed by atoms with E-state index in [-0.39, 0.29) is 11.7 Å². The number of carbonyl (C=O) groups is 1. The van der Waals surface area contributed by atoms with Gasteiger partial charge in [-0.1, -0.05) is 11.3 Å². The number of hydrogen-bond donors (Lipinski definition) is 3. The Morgan fingerprint density at radius 2 is 2.26 bits per heavy atom. The summed E-state index contributed by atoms with van der Waals surface area (Å²) in [4.78, 5) is 20.8. The summed E-state index contributed by atoms with van der Waals surface area (Å²) in [7, 11) is 0. The minimum Gasteiger partial charge on any atom is -0.382 e. The number of nitrogens with two attached hydrogens (primary N) is 1. The average Bonchev–Trinajstić information content (AvgIpc) is 2.93. The van der Waals surface area contributed by atoms with Crippen molar-refractivity contribution in [2.45, 2.75) is 20.4 Å². The van der Waals surface area contributed by atoms with E-state index in [9.17, 15) is 4.79 Å². The summed E-state index contributed by atoms with van der Waals surface area (Å²) < 4.78 is 0. The van der Waals surface area contributed by atoms with Gasteiger partial charge < -0.3 is 16.4 Å². The Morgan fingerprint density at radius 3 is 2.89 bits per heavy atom. The van der Waals surface area contributed by atoms with E-state index in [1.54, 1.807) is 0 Å². The molecule has 102 valence electrons. The number of aromatic nitrogens is 2. The number of nitrogen functional groups attached to an aromatic ring is 1. The van der Waals surface area contributed by atoms with Crippen molar-refractivity contribution in [3.8, 4) is 0 Å². The van der Waals surface area contributed by atoms with Gasteiger partial charge >= 0.3 is 0 Å². The summed E-state index contributed by atoms with van der Waals surface area (Å²) in [5, 5.41) is 9.32. The first kappa shape index (κ1) is 13.8. The molecule has 2 aromatic rings. The first-order valence-electron chi connectivity index (χ1n) is 5.79. The van der Waals surface area contributed by atoms with E-state index in [2.05, 4.69) is 20.6 Å². The Kier molecular flexibility index (Phi) is 4.33. The number of carbonyl (C=O) groups excluding carboxylic acids is 1. The van der Waals surface area contributed by atoms with Gasteiger partial charge in [-0.3, -0.25) is 4.79 Å². The fraction of sp³-hybridized carbons (Fsp3) is 0.364. The number of nitrogens with one attached hydrogen (secondary N) is 2. The molecule has 0 bridgehead atoms. The monoisotopic (exact) mass is 297 g/mol. The molecule has 0 aromatic carbocycles. The minimum absolute atomic E-state index is 0.216. The molecule has 6 nitrogen and oxygen atoms in total. The van der Waals surface area contributed by atoms with Crippen molar-refractivity contribution in [2.75, 3.05) is 17.6 Å². The highest BCUT2D eigenvalue weighted by Crippen LogP contribution is 2.24. The van der Waals surface area contributed by atoms with Crippen molar-refractivity contribution in [1.82, 2.24) is 15.3 Å². The van der Waals surface area contributed by atoms with Crippen LogP contribution in [-0.4, -0.2) is 22.4 Å². The maximum Gasteiger partial charge on any atom is 0.265 e. The van der Waals surface area contributed by atoms with Crippen molar-refractivity contribution in [3.63, 3.8) is 0 Å². The van der Waals surface area contributed by atoms with Crippen molar-refractivity contribution in [2.24, 2.45) is 0 Å². The fourth-order valence-electron chi connectivity index (χ4n) is 1.44. The van der Waals surface area contributed by atoms with Crippen LogP contribution in [-0.2, 0) is 6.54 Å². The second kappa shape index (κ2) is 5.98. The zero-order valence-electron chi connectivity index (χ0n) is 10.7. The third-order valence-corrected chi connectivity index (χ3v) is 4.25. The number of hydrogen-bond acceptors (Lipinski definition) is 7. The largest absolute Gasteiger partial charge is 0.382 e. The van der Waals surface area contributed by atoms with Gasteiger partial charge in [-0.05, 0) is 13.8 Å². The molecule has 2 heterocycles. The molecule has 0 saturated carbocycles. The minimum atomic E-state index is -0.216. The average molecular weight is 297 g/mol. The van der Waals surface area contributed by atoms with Crippen LogP contribution in [0.3, 0.4) is 0 Å². The molecule has 0 unspecified atom stereocenters. The lowest BCUT2D eigenvalue weighted by molar-refractivity contribution is 0.0955. The van der Waals surface area contributed by atoms with Gasteiger partial charge in [0.1, 0.15) is 15.7 Å². The van der Waals surface area contributed by atoms with Crippen molar-refractivity contribution in [3.05, 3.63) is 21.0 Å². The summed E-state index contributed by atoms with van der Waals surface area (Å²) in [6.45, 7) is 5.03.